The van der Waals surface area contributed by atoms with Crippen LogP contribution in [0, 0.1) is 5.92 Å². The standard InChI is InChI=1S/C20H33N5O3/c1-28-12-11-25-20(27)14-18(15-22-25)24-9-4-5-17(16-24)13-19(26)21-6-10-23-7-2-3-8-23/h14-15,17H,2-13,16H2,1H3,(H,21,26). The van der Waals surface area contributed by atoms with Gasteiger partial charge >= 0.3 is 0 Å². The maximum absolute atomic E-state index is 12.3. The highest BCUT2D eigenvalue weighted by Crippen LogP contribution is 2.23. The second kappa shape index (κ2) is 10.6. The molecule has 3 heterocycles. The molecule has 0 spiro atoms. The van der Waals surface area contributed by atoms with Crippen molar-refractivity contribution in [2.45, 2.75) is 38.6 Å². The average molecular weight is 392 g/mol. The SMILES string of the molecule is COCCn1ncc(N2CCCC(CC(=O)NCCN3CCCC3)C2)cc1=O. The Balaban J connectivity index is 1.46. The molecule has 0 saturated carbocycles. The van der Waals surface area contributed by atoms with Gasteiger partial charge in [0.2, 0.25) is 5.91 Å². The maximum Gasteiger partial charge on any atom is 0.268 e. The number of hydrogen-bond acceptors (Lipinski definition) is 6. The Morgan fingerprint density at radius 1 is 1.25 bits per heavy atom. The third-order valence-electron chi connectivity index (χ3n) is 5.67. The van der Waals surface area contributed by atoms with E-state index >= 15 is 0 Å². The lowest BCUT2D eigenvalue weighted by atomic mass is 9.94. The zero-order valence-corrected chi connectivity index (χ0v) is 16.9. The van der Waals surface area contributed by atoms with Gasteiger partial charge in [-0.25, -0.2) is 4.68 Å². The van der Waals surface area contributed by atoms with Gasteiger partial charge in [-0.2, -0.15) is 5.10 Å². The van der Waals surface area contributed by atoms with Gasteiger partial charge in [-0.15, -0.1) is 0 Å². The summed E-state index contributed by atoms with van der Waals surface area (Å²) in [5.74, 6) is 0.454. The van der Waals surface area contributed by atoms with E-state index < -0.39 is 0 Å². The fourth-order valence-electron chi connectivity index (χ4n) is 4.10. The molecule has 1 aromatic heterocycles. The molecule has 0 aromatic carbocycles. The number of likely N-dealkylation sites (tertiary alicyclic amines) is 1. The highest BCUT2D eigenvalue weighted by atomic mass is 16.5. The zero-order chi connectivity index (χ0) is 19.8. The molecule has 1 unspecified atom stereocenters. The Bertz CT molecular complexity index is 687. The first-order valence-corrected chi connectivity index (χ1v) is 10.5. The lowest BCUT2D eigenvalue weighted by Crippen LogP contribution is -2.40. The molecule has 1 amide bonds. The monoisotopic (exact) mass is 391 g/mol. The third-order valence-corrected chi connectivity index (χ3v) is 5.67. The van der Waals surface area contributed by atoms with Crippen LogP contribution in [0.4, 0.5) is 5.69 Å². The fourth-order valence-corrected chi connectivity index (χ4v) is 4.10. The normalized spacial score (nSPS) is 20.5. The highest BCUT2D eigenvalue weighted by Gasteiger charge is 2.23. The summed E-state index contributed by atoms with van der Waals surface area (Å²) in [5.41, 5.74) is 0.731. The molecule has 2 aliphatic rings. The molecule has 0 aliphatic carbocycles. The lowest BCUT2D eigenvalue weighted by Gasteiger charge is -2.34. The van der Waals surface area contributed by atoms with Gasteiger partial charge in [0.05, 0.1) is 25.0 Å². The Kier molecular flexibility index (Phi) is 7.85. The van der Waals surface area contributed by atoms with Crippen molar-refractivity contribution in [3.05, 3.63) is 22.6 Å². The van der Waals surface area contributed by atoms with E-state index in [-0.39, 0.29) is 11.5 Å². The second-order valence-electron chi connectivity index (χ2n) is 7.83. The average Bonchev–Trinajstić information content (AvgIpc) is 3.21. The number of methoxy groups -OCH3 is 1. The van der Waals surface area contributed by atoms with Crippen LogP contribution >= 0.6 is 0 Å². The van der Waals surface area contributed by atoms with Crippen molar-refractivity contribution in [3.8, 4) is 0 Å². The third kappa shape index (κ3) is 6.04. The number of rotatable bonds is 9. The van der Waals surface area contributed by atoms with E-state index in [0.717, 1.165) is 57.8 Å². The molecule has 0 radical (unpaired) electrons. The number of anilines is 1. The number of carbonyl (C=O) groups excluding carboxylic acids is 1. The van der Waals surface area contributed by atoms with Crippen molar-refractivity contribution < 1.29 is 9.53 Å². The molecule has 1 N–H and O–H groups in total. The Labute approximate surface area is 166 Å². The van der Waals surface area contributed by atoms with Crippen molar-refractivity contribution in [1.82, 2.24) is 20.0 Å². The van der Waals surface area contributed by atoms with Crippen LogP contribution in [0.2, 0.25) is 0 Å². The number of hydrogen-bond donors (Lipinski definition) is 1. The smallest absolute Gasteiger partial charge is 0.268 e. The predicted octanol–water partition coefficient (Wildman–Crippen LogP) is 0.708. The number of nitrogens with zero attached hydrogens (tertiary/aromatic N) is 4. The molecule has 8 heteroatoms. The van der Waals surface area contributed by atoms with Crippen molar-refractivity contribution in [2.24, 2.45) is 5.92 Å². The van der Waals surface area contributed by atoms with Crippen molar-refractivity contribution >= 4 is 11.6 Å². The van der Waals surface area contributed by atoms with Crippen LogP contribution in [0.1, 0.15) is 32.1 Å². The molecular formula is C20H33N5O3. The van der Waals surface area contributed by atoms with Crippen LogP contribution in [0.5, 0.6) is 0 Å². The summed E-state index contributed by atoms with van der Waals surface area (Å²) in [4.78, 5) is 29.1. The van der Waals surface area contributed by atoms with Gasteiger partial charge in [0.25, 0.3) is 5.56 Å². The predicted molar refractivity (Wildman–Crippen MR) is 109 cm³/mol. The summed E-state index contributed by atoms with van der Waals surface area (Å²) >= 11 is 0. The minimum atomic E-state index is -0.115. The largest absolute Gasteiger partial charge is 0.383 e. The summed E-state index contributed by atoms with van der Waals surface area (Å²) in [6.45, 7) is 6.61. The molecule has 28 heavy (non-hydrogen) atoms. The number of amides is 1. The van der Waals surface area contributed by atoms with Gasteiger partial charge in [-0.1, -0.05) is 0 Å². The van der Waals surface area contributed by atoms with E-state index in [2.05, 4.69) is 20.2 Å². The van der Waals surface area contributed by atoms with Gasteiger partial charge in [0.15, 0.2) is 0 Å². The lowest BCUT2D eigenvalue weighted by molar-refractivity contribution is -0.122. The molecular weight excluding hydrogens is 358 g/mol. The minimum Gasteiger partial charge on any atom is -0.383 e. The first-order chi connectivity index (χ1) is 13.7. The number of piperidine rings is 1. The van der Waals surface area contributed by atoms with Gasteiger partial charge in [0, 0.05) is 45.8 Å². The fraction of sp³-hybridized carbons (Fsp3) is 0.750. The number of ether oxygens (including phenoxy) is 1. The Morgan fingerprint density at radius 3 is 2.82 bits per heavy atom. The summed E-state index contributed by atoms with van der Waals surface area (Å²) < 4.78 is 6.42. The molecule has 156 valence electrons. The first-order valence-electron chi connectivity index (χ1n) is 10.5. The van der Waals surface area contributed by atoms with E-state index in [1.807, 2.05) is 0 Å². The molecule has 0 bridgehead atoms. The molecule has 8 nitrogen and oxygen atoms in total. The topological polar surface area (TPSA) is 79.7 Å². The van der Waals surface area contributed by atoms with Gasteiger partial charge in [-0.3, -0.25) is 9.59 Å². The molecule has 2 aliphatic heterocycles. The quantitative estimate of drug-likeness (QED) is 0.668. The Morgan fingerprint density at radius 2 is 2.07 bits per heavy atom. The van der Waals surface area contributed by atoms with Crippen molar-refractivity contribution in [2.75, 3.05) is 57.9 Å². The van der Waals surface area contributed by atoms with Gasteiger partial charge < -0.3 is 19.9 Å². The van der Waals surface area contributed by atoms with Gasteiger partial charge in [-0.05, 0) is 44.7 Å². The summed E-state index contributed by atoms with van der Waals surface area (Å²) in [6.07, 6.45) is 6.92. The summed E-state index contributed by atoms with van der Waals surface area (Å²) in [5, 5.41) is 7.32. The van der Waals surface area contributed by atoms with Crippen molar-refractivity contribution in [1.29, 1.82) is 0 Å². The minimum absolute atomic E-state index is 0.115. The van der Waals surface area contributed by atoms with Crippen LogP contribution in [0.15, 0.2) is 17.1 Å². The van der Waals surface area contributed by atoms with Crippen LogP contribution in [0.3, 0.4) is 0 Å². The summed E-state index contributed by atoms with van der Waals surface area (Å²) in [6, 6.07) is 1.64. The number of nitrogens with one attached hydrogen (secondary N) is 1. The molecule has 2 saturated heterocycles. The van der Waals surface area contributed by atoms with Gasteiger partial charge in [0.1, 0.15) is 0 Å². The van der Waals surface area contributed by atoms with E-state index in [1.54, 1.807) is 19.4 Å². The Hall–Kier alpha value is -1.93. The molecule has 1 atom stereocenters. The van der Waals surface area contributed by atoms with Crippen LogP contribution in [-0.2, 0) is 16.1 Å². The highest BCUT2D eigenvalue weighted by molar-refractivity contribution is 5.76. The zero-order valence-electron chi connectivity index (χ0n) is 16.9. The first kappa shape index (κ1) is 20.8. The van der Waals surface area contributed by atoms with E-state index in [0.29, 0.717) is 25.5 Å². The maximum atomic E-state index is 12.3. The second-order valence-corrected chi connectivity index (χ2v) is 7.83. The molecule has 2 fully saturated rings. The molecule has 3 rings (SSSR count). The van der Waals surface area contributed by atoms with Crippen LogP contribution in [0.25, 0.3) is 0 Å². The number of carbonyl (C=O) groups is 1. The number of aromatic nitrogens is 2. The van der Waals surface area contributed by atoms with Crippen LogP contribution < -0.4 is 15.8 Å². The van der Waals surface area contributed by atoms with Crippen molar-refractivity contribution in [3.63, 3.8) is 0 Å². The van der Waals surface area contributed by atoms with Crippen LogP contribution in [-0.4, -0.2) is 73.6 Å². The summed E-state index contributed by atoms with van der Waals surface area (Å²) in [7, 11) is 1.61. The van der Waals surface area contributed by atoms with E-state index in [4.69, 9.17) is 4.74 Å². The van der Waals surface area contributed by atoms with E-state index in [9.17, 15) is 9.59 Å². The molecule has 1 aromatic rings. The van der Waals surface area contributed by atoms with E-state index in [1.165, 1.54) is 17.5 Å².